The molecule has 9 heteroatoms. The van der Waals surface area contributed by atoms with Crippen molar-refractivity contribution in [3.8, 4) is 0 Å². The lowest BCUT2D eigenvalue weighted by atomic mass is 10.1. The molecule has 142 valence electrons. The number of hydrogen-bond donors (Lipinski definition) is 2. The van der Waals surface area contributed by atoms with Gasteiger partial charge in [-0.05, 0) is 36.8 Å². The number of halogens is 1. The van der Waals surface area contributed by atoms with E-state index in [0.717, 1.165) is 12.7 Å². The van der Waals surface area contributed by atoms with E-state index in [1.807, 2.05) is 0 Å². The number of amides is 2. The zero-order valence-corrected chi connectivity index (χ0v) is 16.1. The molecule has 1 aliphatic heterocycles. The summed E-state index contributed by atoms with van der Waals surface area (Å²) in [6, 6.07) is 11.2. The van der Waals surface area contributed by atoms with Crippen LogP contribution < -0.4 is 14.9 Å². The van der Waals surface area contributed by atoms with Crippen LogP contribution in [-0.4, -0.2) is 33.0 Å². The van der Waals surface area contributed by atoms with Crippen molar-refractivity contribution in [2.45, 2.75) is 12.8 Å². The molecule has 7 nitrogen and oxygen atoms in total. The highest BCUT2D eigenvalue weighted by atomic mass is 35.5. The molecule has 0 bridgehead atoms. The second kappa shape index (κ2) is 7.58. The first-order valence-corrected chi connectivity index (χ1v) is 10.5. The summed E-state index contributed by atoms with van der Waals surface area (Å²) in [5, 5.41) is 3.08. The van der Waals surface area contributed by atoms with Gasteiger partial charge < -0.3 is 10.2 Å². The third-order valence-corrected chi connectivity index (χ3v) is 4.95. The Morgan fingerprint density at radius 1 is 1.15 bits per heavy atom. The van der Waals surface area contributed by atoms with Crippen LogP contribution in [0, 0.1) is 0 Å². The van der Waals surface area contributed by atoms with E-state index in [-0.39, 0.29) is 11.6 Å². The summed E-state index contributed by atoms with van der Waals surface area (Å²) in [7, 11) is -3.49. The Kier molecular flexibility index (Phi) is 5.38. The van der Waals surface area contributed by atoms with Crippen molar-refractivity contribution >= 4 is 50.5 Å². The summed E-state index contributed by atoms with van der Waals surface area (Å²) in [4.78, 5) is 26.2. The lowest BCUT2D eigenvalue weighted by Crippen LogP contribution is -2.24. The van der Waals surface area contributed by atoms with Crippen LogP contribution in [0.2, 0.25) is 5.02 Å². The van der Waals surface area contributed by atoms with Gasteiger partial charge in [-0.2, -0.15) is 0 Å². The topological polar surface area (TPSA) is 95.6 Å². The Labute approximate surface area is 162 Å². The molecule has 0 atom stereocenters. The molecule has 0 aromatic heterocycles. The van der Waals surface area contributed by atoms with Crippen molar-refractivity contribution in [2.24, 2.45) is 0 Å². The average Bonchev–Trinajstić information content (AvgIpc) is 3.01. The van der Waals surface area contributed by atoms with E-state index in [4.69, 9.17) is 11.6 Å². The van der Waals surface area contributed by atoms with Gasteiger partial charge in [0.15, 0.2) is 0 Å². The Balaban J connectivity index is 1.86. The van der Waals surface area contributed by atoms with E-state index >= 15 is 0 Å². The van der Waals surface area contributed by atoms with Crippen LogP contribution in [-0.2, 0) is 14.8 Å². The van der Waals surface area contributed by atoms with E-state index in [0.29, 0.717) is 34.9 Å². The highest BCUT2D eigenvalue weighted by molar-refractivity contribution is 7.92. The number of benzene rings is 2. The average molecular weight is 408 g/mol. The molecule has 2 N–H and O–H groups in total. The number of rotatable bonds is 5. The van der Waals surface area contributed by atoms with Crippen LogP contribution in [0.3, 0.4) is 0 Å². The fraction of sp³-hybridized carbons (Fsp3) is 0.222. The molecule has 0 saturated carbocycles. The maximum atomic E-state index is 12.7. The van der Waals surface area contributed by atoms with Gasteiger partial charge in [0.1, 0.15) is 0 Å². The maximum Gasteiger partial charge on any atom is 0.255 e. The number of anilines is 3. The number of hydrogen-bond acceptors (Lipinski definition) is 4. The molecule has 2 aromatic rings. The molecule has 0 spiro atoms. The zero-order chi connectivity index (χ0) is 19.6. The zero-order valence-electron chi connectivity index (χ0n) is 14.5. The predicted molar refractivity (Wildman–Crippen MR) is 106 cm³/mol. The lowest BCUT2D eigenvalue weighted by Gasteiger charge is -2.18. The van der Waals surface area contributed by atoms with Crippen molar-refractivity contribution in [1.82, 2.24) is 0 Å². The van der Waals surface area contributed by atoms with Gasteiger partial charge in [-0.1, -0.05) is 23.7 Å². The monoisotopic (exact) mass is 407 g/mol. The second-order valence-electron chi connectivity index (χ2n) is 6.19. The highest BCUT2D eigenvalue weighted by Gasteiger charge is 2.24. The first kappa shape index (κ1) is 19.2. The summed E-state index contributed by atoms with van der Waals surface area (Å²) in [6.07, 6.45) is 2.23. The summed E-state index contributed by atoms with van der Waals surface area (Å²) >= 11 is 6.20. The Morgan fingerprint density at radius 3 is 2.48 bits per heavy atom. The quantitative estimate of drug-likeness (QED) is 0.796. The minimum Gasteiger partial charge on any atom is -0.320 e. The molecule has 27 heavy (non-hydrogen) atoms. The summed E-state index contributed by atoms with van der Waals surface area (Å²) in [5.74, 6) is -0.473. The van der Waals surface area contributed by atoms with E-state index in [1.165, 1.54) is 0 Å². The summed E-state index contributed by atoms with van der Waals surface area (Å²) < 4.78 is 25.3. The Bertz CT molecular complexity index is 1010. The fourth-order valence-electron chi connectivity index (χ4n) is 2.84. The smallest absolute Gasteiger partial charge is 0.255 e. The van der Waals surface area contributed by atoms with Gasteiger partial charge in [0.05, 0.1) is 28.3 Å². The molecule has 1 aliphatic rings. The largest absolute Gasteiger partial charge is 0.320 e. The number of carbonyl (C=O) groups excluding carboxylic acids is 2. The van der Waals surface area contributed by atoms with Crippen LogP contribution in [0.5, 0.6) is 0 Å². The minimum atomic E-state index is -3.49. The Hall–Kier alpha value is -2.58. The molecule has 0 aliphatic carbocycles. The van der Waals surface area contributed by atoms with Crippen LogP contribution in [0.1, 0.15) is 23.2 Å². The SMILES string of the molecule is CS(=O)(=O)Nc1ccccc1NC(=O)c1ccc(Cl)c(N2CCCC2=O)c1. The second-order valence-corrected chi connectivity index (χ2v) is 8.34. The number of nitrogens with zero attached hydrogens (tertiary/aromatic N) is 1. The first-order chi connectivity index (χ1) is 12.7. The summed E-state index contributed by atoms with van der Waals surface area (Å²) in [6.45, 7) is 0.560. The molecule has 2 aromatic carbocycles. The predicted octanol–water partition coefficient (Wildman–Crippen LogP) is 3.09. The molecule has 1 fully saturated rings. The van der Waals surface area contributed by atoms with Crippen molar-refractivity contribution in [3.63, 3.8) is 0 Å². The third kappa shape index (κ3) is 4.58. The number of nitrogens with one attached hydrogen (secondary N) is 2. The van der Waals surface area contributed by atoms with E-state index in [2.05, 4.69) is 10.0 Å². The number of para-hydroxylation sites is 2. The van der Waals surface area contributed by atoms with Crippen molar-refractivity contribution < 1.29 is 18.0 Å². The first-order valence-electron chi connectivity index (χ1n) is 8.23. The van der Waals surface area contributed by atoms with Crippen LogP contribution >= 0.6 is 11.6 Å². The minimum absolute atomic E-state index is 0.0304. The van der Waals surface area contributed by atoms with Crippen LogP contribution in [0.25, 0.3) is 0 Å². The van der Waals surface area contributed by atoms with Crippen LogP contribution in [0.15, 0.2) is 42.5 Å². The van der Waals surface area contributed by atoms with Gasteiger partial charge in [-0.25, -0.2) is 8.42 Å². The van der Waals surface area contributed by atoms with E-state index < -0.39 is 15.9 Å². The molecule has 2 amide bonds. The Morgan fingerprint density at radius 2 is 1.85 bits per heavy atom. The third-order valence-electron chi connectivity index (χ3n) is 4.04. The standard InChI is InChI=1S/C18H18ClN3O4S/c1-27(25,26)21-15-6-3-2-5-14(15)20-18(24)12-8-9-13(19)16(11-12)22-10-4-7-17(22)23/h2-3,5-6,8-9,11,21H,4,7,10H2,1H3,(H,20,24). The molecular formula is C18H18ClN3O4S. The molecule has 1 saturated heterocycles. The molecule has 3 rings (SSSR count). The summed E-state index contributed by atoms with van der Waals surface area (Å²) in [5.41, 5.74) is 1.39. The normalized spacial score (nSPS) is 14.3. The number of carbonyl (C=O) groups is 2. The van der Waals surface area contributed by atoms with E-state index in [1.54, 1.807) is 47.4 Å². The lowest BCUT2D eigenvalue weighted by molar-refractivity contribution is -0.117. The molecule has 1 heterocycles. The van der Waals surface area contributed by atoms with Gasteiger partial charge >= 0.3 is 0 Å². The van der Waals surface area contributed by atoms with Crippen LogP contribution in [0.4, 0.5) is 17.1 Å². The van der Waals surface area contributed by atoms with Crippen molar-refractivity contribution in [3.05, 3.63) is 53.1 Å². The van der Waals surface area contributed by atoms with E-state index in [9.17, 15) is 18.0 Å². The molecule has 0 unspecified atom stereocenters. The van der Waals surface area contributed by atoms with Gasteiger partial charge in [0, 0.05) is 18.5 Å². The van der Waals surface area contributed by atoms with Crippen molar-refractivity contribution in [2.75, 3.05) is 27.7 Å². The molecule has 0 radical (unpaired) electrons. The fourth-order valence-corrected chi connectivity index (χ4v) is 3.64. The molecular weight excluding hydrogens is 390 g/mol. The van der Waals surface area contributed by atoms with Gasteiger partial charge in [-0.15, -0.1) is 0 Å². The van der Waals surface area contributed by atoms with Gasteiger partial charge in [0.25, 0.3) is 5.91 Å². The highest BCUT2D eigenvalue weighted by Crippen LogP contribution is 2.31. The van der Waals surface area contributed by atoms with Gasteiger partial charge in [0.2, 0.25) is 15.9 Å². The number of sulfonamides is 1. The maximum absolute atomic E-state index is 12.7. The van der Waals surface area contributed by atoms with Gasteiger partial charge in [-0.3, -0.25) is 14.3 Å². The van der Waals surface area contributed by atoms with Crippen molar-refractivity contribution in [1.29, 1.82) is 0 Å².